The van der Waals surface area contributed by atoms with E-state index in [4.69, 9.17) is 4.74 Å². The lowest BCUT2D eigenvalue weighted by atomic mass is 9.82. The highest BCUT2D eigenvalue weighted by Gasteiger charge is 2.43. The monoisotopic (exact) mass is 520 g/mol. The van der Waals surface area contributed by atoms with Crippen molar-refractivity contribution in [3.8, 4) is 0 Å². The molecule has 9 heteroatoms. The van der Waals surface area contributed by atoms with Crippen molar-refractivity contribution >= 4 is 23.9 Å². The van der Waals surface area contributed by atoms with Crippen molar-refractivity contribution < 1.29 is 23.9 Å². The second kappa shape index (κ2) is 13.9. The predicted molar refractivity (Wildman–Crippen MR) is 144 cm³/mol. The van der Waals surface area contributed by atoms with Crippen LogP contribution in [-0.4, -0.2) is 88.4 Å². The lowest BCUT2D eigenvalue weighted by Gasteiger charge is -2.33. The average Bonchev–Trinajstić information content (AvgIpc) is 3.29. The molecule has 6 amide bonds. The van der Waals surface area contributed by atoms with Crippen LogP contribution in [0, 0.1) is 5.41 Å². The molecule has 9 nitrogen and oxygen atoms in total. The van der Waals surface area contributed by atoms with E-state index in [0.717, 1.165) is 64.4 Å². The van der Waals surface area contributed by atoms with E-state index < -0.39 is 5.54 Å². The first-order chi connectivity index (χ1) is 17.4. The van der Waals surface area contributed by atoms with Crippen LogP contribution in [0.5, 0.6) is 0 Å². The van der Waals surface area contributed by atoms with E-state index in [2.05, 4.69) is 20.4 Å². The first kappa shape index (κ1) is 30.8. The number of imide groups is 2. The lowest BCUT2D eigenvalue weighted by molar-refractivity contribution is -0.129. The number of ether oxygens (including phenoxy) is 1. The summed E-state index contributed by atoms with van der Waals surface area (Å²) in [6.45, 7) is 16.7. The second-order valence-electron chi connectivity index (χ2n) is 11.6. The predicted octanol–water partition coefficient (Wildman–Crippen LogP) is 5.01. The minimum absolute atomic E-state index is 0.0736. The summed E-state index contributed by atoms with van der Waals surface area (Å²) in [5, 5.41) is 0. The van der Waals surface area contributed by atoms with Gasteiger partial charge in [0.15, 0.2) is 0 Å². The van der Waals surface area contributed by atoms with E-state index >= 15 is 0 Å². The molecule has 2 rings (SSSR count). The quantitative estimate of drug-likeness (QED) is 0.187. The van der Waals surface area contributed by atoms with Crippen LogP contribution in [0.2, 0.25) is 0 Å². The molecule has 0 saturated carbocycles. The van der Waals surface area contributed by atoms with Crippen LogP contribution in [0.3, 0.4) is 0 Å². The van der Waals surface area contributed by atoms with Crippen molar-refractivity contribution in [1.82, 2.24) is 19.6 Å². The fourth-order valence-corrected chi connectivity index (χ4v) is 5.10. The third-order valence-corrected chi connectivity index (χ3v) is 7.53. The number of carbonyl (C=O) groups excluding carboxylic acids is 4. The van der Waals surface area contributed by atoms with E-state index in [0.29, 0.717) is 19.7 Å². The molecule has 0 radical (unpaired) electrons. The molecule has 0 bridgehead atoms. The van der Waals surface area contributed by atoms with Crippen molar-refractivity contribution in [3.05, 3.63) is 12.8 Å². The van der Waals surface area contributed by atoms with Gasteiger partial charge in [-0.3, -0.25) is 24.3 Å². The number of hydrogen-bond acceptors (Lipinski definition) is 5. The van der Waals surface area contributed by atoms with Gasteiger partial charge in [0.05, 0.1) is 0 Å². The molecule has 2 aliphatic rings. The summed E-state index contributed by atoms with van der Waals surface area (Å²) in [5.74, 6) is -0.249. The van der Waals surface area contributed by atoms with Gasteiger partial charge in [0, 0.05) is 38.0 Å². The Balaban J connectivity index is 1.51. The van der Waals surface area contributed by atoms with Gasteiger partial charge < -0.3 is 9.64 Å². The zero-order valence-corrected chi connectivity index (χ0v) is 23.7. The van der Waals surface area contributed by atoms with E-state index in [1.54, 1.807) is 4.90 Å². The zero-order valence-electron chi connectivity index (χ0n) is 23.7. The standard InChI is InChI=1S/C28H48N4O5/c1-7-29-21-23(33)31(25(29)35)18-12-9-15-27(3,4)16-10-13-19-37-20-14-11-17-28(5,6)32-24(34)22-30(8-2)26(32)36/h8H,2,7,9-22H2,1,3-6H3. The molecule has 0 aromatic heterocycles. The van der Waals surface area contributed by atoms with Gasteiger partial charge in [-0.05, 0) is 71.1 Å². The van der Waals surface area contributed by atoms with Crippen LogP contribution >= 0.6 is 0 Å². The molecule has 37 heavy (non-hydrogen) atoms. The van der Waals surface area contributed by atoms with Crippen LogP contribution in [0.4, 0.5) is 9.59 Å². The maximum Gasteiger partial charge on any atom is 0.331 e. The van der Waals surface area contributed by atoms with Gasteiger partial charge in [0.25, 0.3) is 5.91 Å². The Morgan fingerprint density at radius 3 is 1.95 bits per heavy atom. The van der Waals surface area contributed by atoms with E-state index in [1.165, 1.54) is 20.9 Å². The molecule has 2 heterocycles. The average molecular weight is 521 g/mol. The van der Waals surface area contributed by atoms with Crippen molar-refractivity contribution in [2.75, 3.05) is 39.4 Å². The third-order valence-electron chi connectivity index (χ3n) is 7.53. The van der Waals surface area contributed by atoms with E-state index in [-0.39, 0.29) is 42.4 Å². The highest BCUT2D eigenvalue weighted by atomic mass is 16.5. The summed E-state index contributed by atoms with van der Waals surface area (Å²) in [4.78, 5) is 54.5. The highest BCUT2D eigenvalue weighted by Crippen LogP contribution is 2.30. The number of amides is 6. The minimum Gasteiger partial charge on any atom is -0.381 e. The molecule has 0 unspecified atom stereocenters. The van der Waals surface area contributed by atoms with Crippen molar-refractivity contribution in [3.63, 3.8) is 0 Å². The lowest BCUT2D eigenvalue weighted by Crippen LogP contribution is -2.48. The van der Waals surface area contributed by atoms with Gasteiger partial charge in [-0.25, -0.2) is 9.59 Å². The molecule has 0 N–H and O–H groups in total. The largest absolute Gasteiger partial charge is 0.381 e. The zero-order chi connectivity index (χ0) is 27.6. The smallest absolute Gasteiger partial charge is 0.331 e. The normalized spacial score (nSPS) is 17.1. The number of unbranched alkanes of at least 4 members (excludes halogenated alkanes) is 3. The molecule has 2 fully saturated rings. The number of likely N-dealkylation sites (N-methyl/N-ethyl adjacent to an activating group) is 1. The van der Waals surface area contributed by atoms with Gasteiger partial charge in [-0.15, -0.1) is 0 Å². The molecule has 2 aliphatic heterocycles. The SMILES string of the molecule is C=CN1CC(=O)N(C(C)(C)CCCCOCCCCC(C)(C)CCCCN2C(=O)CN(CC)C2=O)C1=O. The first-order valence-corrected chi connectivity index (χ1v) is 13.9. The van der Waals surface area contributed by atoms with Gasteiger partial charge in [-0.2, -0.15) is 0 Å². The molecule has 0 aromatic carbocycles. The summed E-state index contributed by atoms with van der Waals surface area (Å²) in [6, 6.07) is -0.434. The third kappa shape index (κ3) is 8.83. The second-order valence-corrected chi connectivity index (χ2v) is 11.6. The summed E-state index contributed by atoms with van der Waals surface area (Å²) < 4.78 is 5.82. The summed E-state index contributed by atoms with van der Waals surface area (Å²) >= 11 is 0. The molecule has 0 aromatic rings. The molecule has 0 atom stereocenters. The van der Waals surface area contributed by atoms with Crippen LogP contribution in [0.15, 0.2) is 12.8 Å². The minimum atomic E-state index is -0.521. The maximum atomic E-state index is 12.4. The van der Waals surface area contributed by atoms with Gasteiger partial charge in [0.2, 0.25) is 5.91 Å². The van der Waals surface area contributed by atoms with Crippen molar-refractivity contribution in [2.24, 2.45) is 5.41 Å². The Labute approximate surface area is 223 Å². The van der Waals surface area contributed by atoms with Crippen molar-refractivity contribution in [1.29, 1.82) is 0 Å². The Bertz CT molecular complexity index is 825. The Morgan fingerprint density at radius 1 is 0.811 bits per heavy atom. The fraction of sp³-hybridized carbons (Fsp3) is 0.786. The van der Waals surface area contributed by atoms with Crippen molar-refractivity contribution in [2.45, 2.75) is 97.9 Å². The highest BCUT2D eigenvalue weighted by molar-refractivity contribution is 6.03. The summed E-state index contributed by atoms with van der Waals surface area (Å²) in [5.41, 5.74) is -0.293. The van der Waals surface area contributed by atoms with E-state index in [1.807, 2.05) is 20.8 Å². The summed E-state index contributed by atoms with van der Waals surface area (Å²) in [7, 11) is 0. The summed E-state index contributed by atoms with van der Waals surface area (Å²) in [6.07, 6.45) is 10.1. The number of nitrogens with zero attached hydrogens (tertiary/aromatic N) is 4. The number of carbonyl (C=O) groups is 4. The topological polar surface area (TPSA) is 90.5 Å². The van der Waals surface area contributed by atoms with Gasteiger partial charge in [-0.1, -0.05) is 33.3 Å². The van der Waals surface area contributed by atoms with Crippen LogP contribution in [-0.2, 0) is 14.3 Å². The number of hydrogen-bond donors (Lipinski definition) is 0. The van der Waals surface area contributed by atoms with E-state index in [9.17, 15) is 19.2 Å². The van der Waals surface area contributed by atoms with Gasteiger partial charge in [0.1, 0.15) is 13.1 Å². The fourth-order valence-electron chi connectivity index (χ4n) is 5.10. The van der Waals surface area contributed by atoms with Crippen LogP contribution < -0.4 is 0 Å². The maximum absolute atomic E-state index is 12.4. The molecule has 0 aliphatic carbocycles. The molecular formula is C28H48N4O5. The number of rotatable bonds is 18. The first-order valence-electron chi connectivity index (χ1n) is 13.9. The van der Waals surface area contributed by atoms with Gasteiger partial charge >= 0.3 is 12.1 Å². The molecular weight excluding hydrogens is 472 g/mol. The number of urea groups is 2. The Hall–Kier alpha value is -2.42. The Kier molecular flexibility index (Phi) is 11.6. The molecule has 0 spiro atoms. The molecule has 2 saturated heterocycles. The van der Waals surface area contributed by atoms with Crippen LogP contribution in [0.1, 0.15) is 92.4 Å². The Morgan fingerprint density at radius 2 is 1.41 bits per heavy atom. The van der Waals surface area contributed by atoms with Crippen LogP contribution in [0.25, 0.3) is 0 Å². The molecule has 210 valence electrons.